The van der Waals surface area contributed by atoms with Crippen molar-refractivity contribution in [2.24, 2.45) is 0 Å². The topological polar surface area (TPSA) is 83.1 Å². The van der Waals surface area contributed by atoms with Crippen molar-refractivity contribution in [1.82, 2.24) is 5.32 Å². The summed E-state index contributed by atoms with van der Waals surface area (Å²) in [5.41, 5.74) is 0.703. The van der Waals surface area contributed by atoms with E-state index in [0.29, 0.717) is 56.1 Å². The lowest BCUT2D eigenvalue weighted by Crippen LogP contribution is -2.33. The van der Waals surface area contributed by atoms with Gasteiger partial charge in [-0.25, -0.2) is 9.59 Å². The zero-order chi connectivity index (χ0) is 26.1. The Kier molecular flexibility index (Phi) is 14.4. The van der Waals surface area contributed by atoms with Crippen LogP contribution >= 0.6 is 0 Å². The summed E-state index contributed by atoms with van der Waals surface area (Å²) in [7, 11) is 1.35. The van der Waals surface area contributed by atoms with Crippen LogP contribution in [0, 0.1) is 12.3 Å². The molecule has 0 bridgehead atoms. The minimum Gasteiger partial charge on any atom is -0.493 e. The fraction of sp³-hybridized carbons (Fsp3) is 0.643. The lowest BCUT2D eigenvalue weighted by molar-refractivity contribution is 0.0526. The fourth-order valence-corrected chi connectivity index (χ4v) is 3.35. The van der Waals surface area contributed by atoms with E-state index in [1.165, 1.54) is 7.11 Å². The summed E-state index contributed by atoms with van der Waals surface area (Å²) in [6, 6.07) is 3.42. The molecule has 0 radical (unpaired) electrons. The molecular weight excluding hydrogens is 446 g/mol. The Bertz CT molecular complexity index is 822. The zero-order valence-electron chi connectivity index (χ0n) is 22.2. The molecule has 0 aliphatic rings. The average Bonchev–Trinajstić information content (AvgIpc) is 2.80. The van der Waals surface area contributed by atoms with Gasteiger partial charge in [0.15, 0.2) is 0 Å². The summed E-state index contributed by atoms with van der Waals surface area (Å²) in [5.74, 6) is 3.39. The van der Waals surface area contributed by atoms with Crippen LogP contribution in [0.1, 0.15) is 95.0 Å². The van der Waals surface area contributed by atoms with Crippen LogP contribution in [-0.4, -0.2) is 44.5 Å². The summed E-state index contributed by atoms with van der Waals surface area (Å²) < 4.78 is 22.4. The lowest BCUT2D eigenvalue weighted by atomic mass is 10.0. The van der Waals surface area contributed by atoms with Gasteiger partial charge in [-0.3, -0.25) is 0 Å². The summed E-state index contributed by atoms with van der Waals surface area (Å²) in [6.07, 6.45) is 12.8. The number of methoxy groups -OCH3 is 1. The van der Waals surface area contributed by atoms with Crippen molar-refractivity contribution in [2.45, 2.75) is 91.1 Å². The van der Waals surface area contributed by atoms with Gasteiger partial charge in [0.25, 0.3) is 0 Å². The Morgan fingerprint density at radius 3 is 2.14 bits per heavy atom. The van der Waals surface area contributed by atoms with Crippen molar-refractivity contribution >= 4 is 12.1 Å². The van der Waals surface area contributed by atoms with Gasteiger partial charge in [0, 0.05) is 18.5 Å². The Morgan fingerprint density at radius 2 is 1.60 bits per heavy atom. The molecule has 0 saturated heterocycles. The van der Waals surface area contributed by atoms with Gasteiger partial charge in [-0.2, -0.15) is 0 Å². The van der Waals surface area contributed by atoms with Crippen molar-refractivity contribution in [3.05, 3.63) is 23.3 Å². The normalized spacial score (nSPS) is 10.9. The summed E-state index contributed by atoms with van der Waals surface area (Å²) in [4.78, 5) is 24.3. The van der Waals surface area contributed by atoms with Crippen LogP contribution < -0.4 is 14.8 Å². The number of hydrogen-bond acceptors (Lipinski definition) is 6. The number of rotatable bonds is 16. The van der Waals surface area contributed by atoms with Crippen LogP contribution in [0.15, 0.2) is 12.1 Å². The standard InChI is InChI=1S/C28H43NO6/c1-7-9-11-13-18-33-24-20-22(26(30)32-6)21-25(34-19-14-12-10-8-2)23(24)16-15-17-29-27(31)35-28(3,4)5/h1,20-21H,8-19H2,2-6H3,(H,29,31). The molecule has 0 aliphatic carbocycles. The van der Waals surface area contributed by atoms with Crippen LogP contribution in [0.3, 0.4) is 0 Å². The Labute approximate surface area is 211 Å². The molecule has 0 saturated carbocycles. The van der Waals surface area contributed by atoms with E-state index in [1.54, 1.807) is 12.1 Å². The molecule has 1 aromatic carbocycles. The van der Waals surface area contributed by atoms with Crippen LogP contribution in [0.4, 0.5) is 4.79 Å². The first-order valence-electron chi connectivity index (χ1n) is 12.6. The van der Waals surface area contributed by atoms with Crippen LogP contribution in [0.25, 0.3) is 0 Å². The largest absolute Gasteiger partial charge is 0.493 e. The monoisotopic (exact) mass is 489 g/mol. The van der Waals surface area contributed by atoms with Gasteiger partial charge in [-0.05, 0) is 65.0 Å². The van der Waals surface area contributed by atoms with Crippen molar-refractivity contribution in [3.63, 3.8) is 0 Å². The quantitative estimate of drug-likeness (QED) is 0.172. The molecule has 0 atom stereocenters. The maximum Gasteiger partial charge on any atom is 0.407 e. The molecule has 1 amide bonds. The molecule has 1 N–H and O–H groups in total. The first-order chi connectivity index (χ1) is 16.7. The molecule has 0 spiro atoms. The number of ether oxygens (including phenoxy) is 4. The van der Waals surface area contributed by atoms with Crippen LogP contribution in [-0.2, 0) is 15.9 Å². The highest BCUT2D eigenvalue weighted by Gasteiger charge is 2.19. The summed E-state index contributed by atoms with van der Waals surface area (Å²) in [5, 5.41) is 2.78. The minimum atomic E-state index is -0.549. The number of nitrogens with one attached hydrogen (secondary N) is 1. The number of terminal acetylenes is 1. The molecule has 0 unspecified atom stereocenters. The van der Waals surface area contributed by atoms with E-state index in [9.17, 15) is 9.59 Å². The molecule has 7 heteroatoms. The summed E-state index contributed by atoms with van der Waals surface area (Å²) >= 11 is 0. The van der Waals surface area contributed by atoms with Crippen LogP contribution in [0.5, 0.6) is 11.5 Å². The van der Waals surface area contributed by atoms with Crippen molar-refractivity contribution < 1.29 is 28.5 Å². The van der Waals surface area contributed by atoms with Gasteiger partial charge in [-0.1, -0.05) is 26.2 Å². The van der Waals surface area contributed by atoms with E-state index >= 15 is 0 Å². The second kappa shape index (κ2) is 16.7. The van der Waals surface area contributed by atoms with Crippen LogP contribution in [0.2, 0.25) is 0 Å². The third kappa shape index (κ3) is 13.0. The second-order valence-corrected chi connectivity index (χ2v) is 9.39. The number of alkyl carbamates (subject to hydrolysis) is 1. The van der Waals surface area contributed by atoms with Gasteiger partial charge in [-0.15, -0.1) is 12.3 Å². The molecule has 0 aromatic heterocycles. The predicted molar refractivity (Wildman–Crippen MR) is 138 cm³/mol. The maximum atomic E-state index is 12.3. The smallest absolute Gasteiger partial charge is 0.407 e. The minimum absolute atomic E-state index is 0.380. The highest BCUT2D eigenvalue weighted by Crippen LogP contribution is 2.33. The third-order valence-corrected chi connectivity index (χ3v) is 5.09. The highest BCUT2D eigenvalue weighted by atomic mass is 16.6. The molecule has 0 aliphatic heterocycles. The maximum absolute atomic E-state index is 12.3. The van der Waals surface area contributed by atoms with Gasteiger partial charge in [0.2, 0.25) is 0 Å². The molecule has 35 heavy (non-hydrogen) atoms. The number of amides is 1. The van der Waals surface area contributed by atoms with E-state index in [1.807, 2.05) is 20.8 Å². The van der Waals surface area contributed by atoms with Gasteiger partial charge >= 0.3 is 12.1 Å². The number of hydrogen-bond donors (Lipinski definition) is 1. The average molecular weight is 490 g/mol. The number of carbonyl (C=O) groups excluding carboxylic acids is 2. The lowest BCUT2D eigenvalue weighted by Gasteiger charge is -2.20. The van der Waals surface area contributed by atoms with Gasteiger partial charge in [0.05, 0.1) is 25.9 Å². The van der Waals surface area contributed by atoms with Crippen molar-refractivity contribution in [2.75, 3.05) is 26.9 Å². The van der Waals surface area contributed by atoms with E-state index in [-0.39, 0.29) is 0 Å². The molecule has 196 valence electrons. The summed E-state index contributed by atoms with van der Waals surface area (Å²) in [6.45, 7) is 9.11. The predicted octanol–water partition coefficient (Wildman–Crippen LogP) is 6.07. The zero-order valence-corrected chi connectivity index (χ0v) is 22.2. The number of esters is 1. The van der Waals surface area contributed by atoms with Crippen molar-refractivity contribution in [3.8, 4) is 23.8 Å². The van der Waals surface area contributed by atoms with Gasteiger partial charge in [0.1, 0.15) is 17.1 Å². The fourth-order valence-electron chi connectivity index (χ4n) is 3.35. The molecule has 1 aromatic rings. The second-order valence-electron chi connectivity index (χ2n) is 9.39. The third-order valence-electron chi connectivity index (χ3n) is 5.09. The van der Waals surface area contributed by atoms with E-state index in [0.717, 1.165) is 44.1 Å². The first kappa shape index (κ1) is 30.2. The highest BCUT2D eigenvalue weighted by molar-refractivity contribution is 5.90. The molecule has 1 rings (SSSR count). The van der Waals surface area contributed by atoms with E-state index < -0.39 is 17.7 Å². The molecule has 0 heterocycles. The Balaban J connectivity index is 3.00. The Morgan fingerprint density at radius 1 is 0.971 bits per heavy atom. The first-order valence-corrected chi connectivity index (χ1v) is 12.6. The van der Waals surface area contributed by atoms with Gasteiger partial charge < -0.3 is 24.3 Å². The molecule has 0 fully saturated rings. The number of benzene rings is 1. The van der Waals surface area contributed by atoms with Crippen molar-refractivity contribution in [1.29, 1.82) is 0 Å². The Hall–Kier alpha value is -2.88. The number of unbranched alkanes of at least 4 members (excludes halogenated alkanes) is 5. The van der Waals surface area contributed by atoms with E-state index in [2.05, 4.69) is 18.2 Å². The SMILES string of the molecule is C#CCCCCOc1cc(C(=O)OC)cc(OCCCCCC)c1CCCNC(=O)OC(C)(C)C. The number of carbonyl (C=O) groups is 2. The molecular formula is C28H43NO6. The van der Waals surface area contributed by atoms with E-state index in [4.69, 9.17) is 25.4 Å². The molecule has 7 nitrogen and oxygen atoms in total.